The summed E-state index contributed by atoms with van der Waals surface area (Å²) in [5.41, 5.74) is 5.46. The van der Waals surface area contributed by atoms with Crippen molar-refractivity contribution in [2.24, 2.45) is 0 Å². The summed E-state index contributed by atoms with van der Waals surface area (Å²) in [5, 5.41) is 1.23. The molecular weight excluding hydrogens is 463 g/mol. The number of fused-ring (bicyclic) bond motifs is 3. The number of carbonyl (C=O) groups excluding carboxylic acids is 2. The number of halogens is 1. The molecule has 7 nitrogen and oxygen atoms in total. The monoisotopic (exact) mass is 488 g/mol. The first-order valence-corrected chi connectivity index (χ1v) is 12.8. The molecule has 174 valence electrons. The molecule has 0 unspecified atom stereocenters. The van der Waals surface area contributed by atoms with Crippen LogP contribution in [0.25, 0.3) is 10.2 Å². The number of benzene rings is 1. The fourth-order valence-electron chi connectivity index (χ4n) is 3.89. The van der Waals surface area contributed by atoms with Gasteiger partial charge in [0.2, 0.25) is 5.91 Å². The fraction of sp³-hybridized carbons (Fsp3) is 0.391. The van der Waals surface area contributed by atoms with Crippen molar-refractivity contribution in [1.29, 1.82) is 0 Å². The highest BCUT2D eigenvalue weighted by Crippen LogP contribution is 2.35. The van der Waals surface area contributed by atoms with E-state index >= 15 is 0 Å². The lowest BCUT2D eigenvalue weighted by Gasteiger charge is -2.12. The normalized spacial score (nSPS) is 12.7. The summed E-state index contributed by atoms with van der Waals surface area (Å²) in [6.07, 6.45) is 5.86. The van der Waals surface area contributed by atoms with E-state index in [0.717, 1.165) is 66.1 Å². The lowest BCUT2D eigenvalue weighted by atomic mass is 10.2. The molecule has 2 amide bonds. The number of thioether (sulfide) groups is 1. The van der Waals surface area contributed by atoms with Gasteiger partial charge in [0.1, 0.15) is 10.6 Å². The molecule has 0 bridgehead atoms. The Hall–Kier alpha value is -2.72. The fourth-order valence-corrected chi connectivity index (χ4v) is 6.02. The minimum Gasteiger partial charge on any atom is -0.287 e. The van der Waals surface area contributed by atoms with Crippen molar-refractivity contribution in [1.82, 2.24) is 20.4 Å². The van der Waals surface area contributed by atoms with E-state index in [-0.39, 0.29) is 16.9 Å². The molecule has 1 aromatic carbocycles. The molecule has 2 aromatic heterocycles. The largest absolute Gasteiger partial charge is 0.287 e. The Labute approximate surface area is 198 Å². The van der Waals surface area contributed by atoms with E-state index in [2.05, 4.69) is 17.8 Å². The van der Waals surface area contributed by atoms with Crippen molar-refractivity contribution >= 4 is 45.1 Å². The summed E-state index contributed by atoms with van der Waals surface area (Å²) < 4.78 is 15.4. The minimum absolute atomic E-state index is 0.0359. The Bertz CT molecular complexity index is 1250. The average Bonchev–Trinajstić information content (AvgIpc) is 3.39. The summed E-state index contributed by atoms with van der Waals surface area (Å²) >= 11 is 2.72. The number of unbranched alkanes of at least 4 members (excludes halogenated alkanes) is 2. The first-order valence-electron chi connectivity index (χ1n) is 11.0. The Balaban J connectivity index is 1.47. The van der Waals surface area contributed by atoms with Crippen molar-refractivity contribution in [3.63, 3.8) is 0 Å². The van der Waals surface area contributed by atoms with Gasteiger partial charge in [0.05, 0.1) is 16.7 Å². The Morgan fingerprint density at radius 1 is 1.21 bits per heavy atom. The van der Waals surface area contributed by atoms with Crippen LogP contribution in [0.1, 0.15) is 53.4 Å². The van der Waals surface area contributed by atoms with Crippen LogP contribution in [0.15, 0.2) is 34.2 Å². The number of aromatic nitrogens is 2. The predicted molar refractivity (Wildman–Crippen MR) is 128 cm³/mol. The van der Waals surface area contributed by atoms with Gasteiger partial charge in [0.25, 0.3) is 11.5 Å². The number of carbonyl (C=O) groups is 2. The molecule has 33 heavy (non-hydrogen) atoms. The van der Waals surface area contributed by atoms with Crippen molar-refractivity contribution in [3.8, 4) is 0 Å². The molecule has 0 fully saturated rings. The summed E-state index contributed by atoms with van der Waals surface area (Å²) in [7, 11) is 0. The number of hydrazine groups is 1. The molecule has 0 spiro atoms. The second-order valence-electron chi connectivity index (χ2n) is 7.87. The van der Waals surface area contributed by atoms with Crippen molar-refractivity contribution in [2.45, 2.75) is 57.1 Å². The van der Waals surface area contributed by atoms with Crippen LogP contribution in [0.2, 0.25) is 0 Å². The summed E-state index contributed by atoms with van der Waals surface area (Å²) in [6.45, 7) is 2.65. The summed E-state index contributed by atoms with van der Waals surface area (Å²) in [6, 6.07) is 5.52. The van der Waals surface area contributed by atoms with Crippen LogP contribution >= 0.6 is 23.1 Å². The molecule has 4 rings (SSSR count). The Kier molecular flexibility index (Phi) is 7.44. The standard InChI is InChI=1S/C23H25FN4O3S2/c1-2-3-6-12-28-22(31)19-15-9-7-11-17(15)33-21(19)25-23(28)32-13-18(29)26-27-20(30)14-8-4-5-10-16(14)24/h4-5,8,10H,2-3,6-7,9,11-13H2,1H3,(H,26,29)(H,27,30). The molecule has 0 aliphatic heterocycles. The molecule has 1 aliphatic carbocycles. The minimum atomic E-state index is -0.740. The third kappa shape index (κ3) is 5.11. The summed E-state index contributed by atoms with van der Waals surface area (Å²) in [4.78, 5) is 44.4. The quantitative estimate of drug-likeness (QED) is 0.218. The van der Waals surface area contributed by atoms with E-state index in [1.165, 1.54) is 29.1 Å². The zero-order valence-corrected chi connectivity index (χ0v) is 19.9. The van der Waals surface area contributed by atoms with Crippen LogP contribution in [-0.2, 0) is 24.2 Å². The van der Waals surface area contributed by atoms with Gasteiger partial charge in [-0.3, -0.25) is 29.8 Å². The lowest BCUT2D eigenvalue weighted by molar-refractivity contribution is -0.119. The van der Waals surface area contributed by atoms with Crippen molar-refractivity contribution in [3.05, 3.63) is 56.4 Å². The second kappa shape index (κ2) is 10.5. The van der Waals surface area contributed by atoms with Gasteiger partial charge in [-0.05, 0) is 43.4 Å². The molecule has 10 heteroatoms. The third-order valence-corrected chi connectivity index (χ3v) is 7.70. The molecular formula is C23H25FN4O3S2. The van der Waals surface area contributed by atoms with Crippen LogP contribution in [0.5, 0.6) is 0 Å². The Morgan fingerprint density at radius 2 is 2.03 bits per heavy atom. The molecule has 0 saturated carbocycles. The smallest absolute Gasteiger partial charge is 0.272 e. The van der Waals surface area contributed by atoms with Crippen molar-refractivity contribution in [2.75, 3.05) is 5.75 Å². The van der Waals surface area contributed by atoms with Gasteiger partial charge in [-0.2, -0.15) is 0 Å². The maximum atomic E-state index is 13.7. The van der Waals surface area contributed by atoms with Crippen LogP contribution in [0.3, 0.4) is 0 Å². The number of hydrogen-bond donors (Lipinski definition) is 2. The van der Waals surface area contributed by atoms with Gasteiger partial charge >= 0.3 is 0 Å². The van der Waals surface area contributed by atoms with Gasteiger partial charge in [-0.15, -0.1) is 11.3 Å². The van der Waals surface area contributed by atoms with E-state index < -0.39 is 17.6 Å². The first kappa shape index (κ1) is 23.4. The average molecular weight is 489 g/mol. The molecule has 0 radical (unpaired) electrons. The highest BCUT2D eigenvalue weighted by molar-refractivity contribution is 7.99. The molecule has 0 atom stereocenters. The second-order valence-corrected chi connectivity index (χ2v) is 9.89. The van der Waals surface area contributed by atoms with Crippen LogP contribution < -0.4 is 16.4 Å². The molecule has 2 heterocycles. The molecule has 1 aliphatic rings. The number of nitrogens with one attached hydrogen (secondary N) is 2. The lowest BCUT2D eigenvalue weighted by Crippen LogP contribution is -2.42. The van der Waals surface area contributed by atoms with Crippen molar-refractivity contribution < 1.29 is 14.0 Å². The Morgan fingerprint density at radius 3 is 2.82 bits per heavy atom. The topological polar surface area (TPSA) is 93.1 Å². The highest BCUT2D eigenvalue weighted by atomic mass is 32.2. The number of aryl methyl sites for hydroxylation is 2. The number of rotatable bonds is 8. The van der Waals surface area contributed by atoms with Gasteiger partial charge in [0, 0.05) is 11.4 Å². The van der Waals surface area contributed by atoms with Crippen LogP contribution in [0, 0.1) is 5.82 Å². The third-order valence-electron chi connectivity index (χ3n) is 5.54. The van der Waals surface area contributed by atoms with Crippen LogP contribution in [0.4, 0.5) is 4.39 Å². The number of amides is 2. The number of hydrogen-bond acceptors (Lipinski definition) is 6. The predicted octanol–water partition coefficient (Wildman–Crippen LogP) is 3.83. The van der Waals surface area contributed by atoms with E-state index in [4.69, 9.17) is 4.98 Å². The van der Waals surface area contributed by atoms with Gasteiger partial charge < -0.3 is 0 Å². The van der Waals surface area contributed by atoms with Gasteiger partial charge in [0.15, 0.2) is 5.16 Å². The maximum Gasteiger partial charge on any atom is 0.272 e. The first-order chi connectivity index (χ1) is 16.0. The van der Waals surface area contributed by atoms with Crippen LogP contribution in [-0.4, -0.2) is 27.1 Å². The number of thiophene rings is 1. The van der Waals surface area contributed by atoms with Gasteiger partial charge in [-0.1, -0.05) is 43.7 Å². The molecule has 0 saturated heterocycles. The van der Waals surface area contributed by atoms with E-state index in [1.807, 2.05) is 0 Å². The van der Waals surface area contributed by atoms with E-state index in [0.29, 0.717) is 11.7 Å². The summed E-state index contributed by atoms with van der Waals surface area (Å²) in [5.74, 6) is -1.94. The highest BCUT2D eigenvalue weighted by Gasteiger charge is 2.23. The zero-order valence-electron chi connectivity index (χ0n) is 18.3. The number of nitrogens with zero attached hydrogens (tertiary/aromatic N) is 2. The zero-order chi connectivity index (χ0) is 23.4. The van der Waals surface area contributed by atoms with E-state index in [1.54, 1.807) is 15.9 Å². The molecule has 3 aromatic rings. The van der Waals surface area contributed by atoms with E-state index in [9.17, 15) is 18.8 Å². The maximum absolute atomic E-state index is 13.7. The van der Waals surface area contributed by atoms with Gasteiger partial charge in [-0.25, -0.2) is 9.37 Å². The molecule has 2 N–H and O–H groups in total. The SMILES string of the molecule is CCCCCn1c(SCC(=O)NNC(=O)c2ccccc2F)nc2sc3c(c2c1=O)CCC3.